The van der Waals surface area contributed by atoms with Crippen LogP contribution in [0.4, 0.5) is 0 Å². The number of nitrogens with two attached hydrogens (primary N) is 1. The molecule has 0 bridgehead atoms. The van der Waals surface area contributed by atoms with E-state index in [1.54, 1.807) is 13.8 Å². The maximum atomic E-state index is 11.0. The van der Waals surface area contributed by atoms with Gasteiger partial charge in [0, 0.05) is 6.42 Å². The van der Waals surface area contributed by atoms with Crippen LogP contribution >= 0.6 is 0 Å². The first kappa shape index (κ1) is 11.9. The van der Waals surface area contributed by atoms with Crippen LogP contribution in [0.5, 0.6) is 0 Å². The molecule has 13 heavy (non-hydrogen) atoms. The molecule has 76 valence electrons. The van der Waals surface area contributed by atoms with Crippen molar-refractivity contribution in [2.24, 2.45) is 11.8 Å². The number of methoxy groups -OCH3 is 1. The van der Waals surface area contributed by atoms with Gasteiger partial charge in [0.15, 0.2) is 0 Å². The van der Waals surface area contributed by atoms with E-state index in [-0.39, 0.29) is 24.3 Å². The van der Waals surface area contributed by atoms with Gasteiger partial charge in [-0.1, -0.05) is 13.8 Å². The molecule has 0 rings (SSSR count). The van der Waals surface area contributed by atoms with Crippen LogP contribution in [0, 0.1) is 5.92 Å². The van der Waals surface area contributed by atoms with Crippen molar-refractivity contribution in [3.8, 4) is 0 Å². The maximum Gasteiger partial charge on any atom is 0.310 e. The molecule has 5 heteroatoms. The maximum absolute atomic E-state index is 11.0. The molecule has 1 unspecified atom stereocenters. The third-order valence-electron chi connectivity index (χ3n) is 1.70. The fourth-order valence-electron chi connectivity index (χ4n) is 0.876. The Labute approximate surface area is 77.8 Å². The van der Waals surface area contributed by atoms with Crippen LogP contribution in [0.2, 0.25) is 0 Å². The molecule has 0 aliphatic rings. The Balaban J connectivity index is 3.98. The Morgan fingerprint density at radius 1 is 1.54 bits per heavy atom. The molecule has 1 amide bonds. The summed E-state index contributed by atoms with van der Waals surface area (Å²) in [4.78, 5) is 21.9. The van der Waals surface area contributed by atoms with Crippen molar-refractivity contribution in [2.45, 2.75) is 20.3 Å². The molecule has 0 fully saturated rings. The highest BCUT2D eigenvalue weighted by Crippen LogP contribution is 2.00. The lowest BCUT2D eigenvalue weighted by Gasteiger charge is -2.18. The highest BCUT2D eigenvalue weighted by molar-refractivity contribution is 5.77. The number of hydrogen-bond acceptors (Lipinski definition) is 4. The number of hydrazine groups is 1. The molecule has 0 radical (unpaired) electrons. The number of amides is 1. The summed E-state index contributed by atoms with van der Waals surface area (Å²) in [5, 5.41) is 1.04. The summed E-state index contributed by atoms with van der Waals surface area (Å²) in [6.45, 7) is 3.57. The van der Waals surface area contributed by atoms with Crippen molar-refractivity contribution in [1.82, 2.24) is 5.01 Å². The molecule has 0 aliphatic heterocycles. The fraction of sp³-hybridized carbons (Fsp3) is 0.750. The largest absolute Gasteiger partial charge is 0.469 e. The van der Waals surface area contributed by atoms with Gasteiger partial charge in [0.1, 0.15) is 0 Å². The monoisotopic (exact) mass is 188 g/mol. The first-order valence-electron chi connectivity index (χ1n) is 4.15. The van der Waals surface area contributed by atoms with Crippen LogP contribution in [0.25, 0.3) is 0 Å². The summed E-state index contributed by atoms with van der Waals surface area (Å²) in [5.74, 6) is 4.47. The van der Waals surface area contributed by atoms with Gasteiger partial charge in [0.2, 0.25) is 5.91 Å². The summed E-state index contributed by atoms with van der Waals surface area (Å²) in [7, 11) is 1.31. The second-order valence-electron chi connectivity index (χ2n) is 2.82. The summed E-state index contributed by atoms with van der Waals surface area (Å²) >= 11 is 0. The highest BCUT2D eigenvalue weighted by Gasteiger charge is 2.17. The minimum atomic E-state index is -0.384. The van der Waals surface area contributed by atoms with Crippen molar-refractivity contribution in [1.29, 1.82) is 0 Å². The molecule has 5 nitrogen and oxygen atoms in total. The smallest absolute Gasteiger partial charge is 0.310 e. The number of rotatable bonds is 4. The lowest BCUT2D eigenvalue weighted by Crippen LogP contribution is -2.41. The van der Waals surface area contributed by atoms with Gasteiger partial charge in [-0.05, 0) is 0 Å². The quantitative estimate of drug-likeness (QED) is 0.289. The molecule has 0 saturated heterocycles. The molecule has 0 aromatic carbocycles. The number of ether oxygens (including phenoxy) is 1. The van der Waals surface area contributed by atoms with Crippen molar-refractivity contribution in [3.63, 3.8) is 0 Å². The van der Waals surface area contributed by atoms with E-state index >= 15 is 0 Å². The molecule has 2 N–H and O–H groups in total. The van der Waals surface area contributed by atoms with Gasteiger partial charge in [-0.15, -0.1) is 0 Å². The van der Waals surface area contributed by atoms with Gasteiger partial charge in [0.05, 0.1) is 19.6 Å². The van der Waals surface area contributed by atoms with Gasteiger partial charge >= 0.3 is 5.97 Å². The molecule has 0 saturated carbocycles. The Hall–Kier alpha value is -1.10. The minimum Gasteiger partial charge on any atom is -0.469 e. The number of esters is 1. The lowest BCUT2D eigenvalue weighted by molar-refractivity contribution is -0.146. The molecule has 0 aromatic heterocycles. The van der Waals surface area contributed by atoms with Gasteiger partial charge in [-0.3, -0.25) is 14.6 Å². The van der Waals surface area contributed by atoms with E-state index < -0.39 is 0 Å². The second kappa shape index (κ2) is 5.53. The number of carbonyl (C=O) groups is 2. The molecule has 0 heterocycles. The third kappa shape index (κ3) is 3.89. The summed E-state index contributed by atoms with van der Waals surface area (Å²) in [6.07, 6.45) is 0.338. The van der Waals surface area contributed by atoms with E-state index in [0.717, 1.165) is 5.01 Å². The van der Waals surface area contributed by atoms with Gasteiger partial charge in [0.25, 0.3) is 0 Å². The Morgan fingerprint density at radius 2 is 2.08 bits per heavy atom. The zero-order chi connectivity index (χ0) is 10.4. The second-order valence-corrected chi connectivity index (χ2v) is 2.82. The van der Waals surface area contributed by atoms with E-state index in [1.807, 2.05) is 0 Å². The van der Waals surface area contributed by atoms with Crippen molar-refractivity contribution >= 4 is 11.9 Å². The van der Waals surface area contributed by atoms with Gasteiger partial charge in [-0.25, -0.2) is 5.84 Å². The zero-order valence-corrected chi connectivity index (χ0v) is 8.24. The van der Waals surface area contributed by atoms with Gasteiger partial charge in [-0.2, -0.15) is 0 Å². The van der Waals surface area contributed by atoms with Crippen LogP contribution in [-0.4, -0.2) is 30.5 Å². The van der Waals surface area contributed by atoms with Crippen LogP contribution in [0.15, 0.2) is 0 Å². The standard InChI is InChI=1S/C8H16N2O3/c1-4-7(11)10(9)5-6(2)8(12)13-3/h6H,4-5,9H2,1-3H3. The number of carbonyl (C=O) groups excluding carboxylic acids is 2. The van der Waals surface area contributed by atoms with E-state index in [2.05, 4.69) is 4.74 Å². The molecule has 1 atom stereocenters. The van der Waals surface area contributed by atoms with Crippen molar-refractivity contribution in [2.75, 3.05) is 13.7 Å². The zero-order valence-electron chi connectivity index (χ0n) is 8.24. The molecule has 0 aliphatic carbocycles. The van der Waals surface area contributed by atoms with Crippen molar-refractivity contribution < 1.29 is 14.3 Å². The van der Waals surface area contributed by atoms with E-state index in [1.165, 1.54) is 7.11 Å². The van der Waals surface area contributed by atoms with Crippen LogP contribution in [0.1, 0.15) is 20.3 Å². The van der Waals surface area contributed by atoms with E-state index in [4.69, 9.17) is 5.84 Å². The molecule has 0 spiro atoms. The topological polar surface area (TPSA) is 72.6 Å². The third-order valence-corrected chi connectivity index (χ3v) is 1.70. The fourth-order valence-corrected chi connectivity index (χ4v) is 0.876. The highest BCUT2D eigenvalue weighted by atomic mass is 16.5. The SMILES string of the molecule is CCC(=O)N(N)CC(C)C(=O)OC. The van der Waals surface area contributed by atoms with E-state index in [0.29, 0.717) is 6.42 Å². The van der Waals surface area contributed by atoms with E-state index in [9.17, 15) is 9.59 Å². The number of nitrogens with zero attached hydrogens (tertiary/aromatic N) is 1. The molecular formula is C8H16N2O3. The lowest BCUT2D eigenvalue weighted by atomic mass is 10.2. The summed E-state index contributed by atoms with van der Waals surface area (Å²) < 4.78 is 4.49. The van der Waals surface area contributed by atoms with Gasteiger partial charge < -0.3 is 4.74 Å². The summed E-state index contributed by atoms with van der Waals surface area (Å²) in [5.41, 5.74) is 0. The normalized spacial score (nSPS) is 12.0. The Kier molecular flexibility index (Phi) is 5.06. The Bertz CT molecular complexity index is 174. The average Bonchev–Trinajstić information content (AvgIpc) is 2.14. The van der Waals surface area contributed by atoms with Crippen molar-refractivity contribution in [3.05, 3.63) is 0 Å². The first-order valence-corrected chi connectivity index (χ1v) is 4.15. The van der Waals surface area contributed by atoms with Crippen LogP contribution < -0.4 is 5.84 Å². The number of hydrogen-bond donors (Lipinski definition) is 1. The minimum absolute atomic E-state index is 0.184. The first-order chi connectivity index (χ1) is 6.02. The predicted molar refractivity (Wildman–Crippen MR) is 47.4 cm³/mol. The van der Waals surface area contributed by atoms with Crippen LogP contribution in [-0.2, 0) is 14.3 Å². The Morgan fingerprint density at radius 3 is 2.46 bits per heavy atom. The summed E-state index contributed by atoms with van der Waals surface area (Å²) in [6, 6.07) is 0. The average molecular weight is 188 g/mol. The predicted octanol–water partition coefficient (Wildman–Crippen LogP) is -0.0922. The van der Waals surface area contributed by atoms with Crippen LogP contribution in [0.3, 0.4) is 0 Å². The molecule has 0 aromatic rings. The molecular weight excluding hydrogens is 172 g/mol.